The van der Waals surface area contributed by atoms with Gasteiger partial charge in [-0.05, 0) is 77.0 Å². The molecule has 0 aliphatic rings. The van der Waals surface area contributed by atoms with E-state index in [0.717, 1.165) is 20.4 Å². The van der Waals surface area contributed by atoms with Gasteiger partial charge in [0.1, 0.15) is 0 Å². The molecule has 2 N–H and O–H groups in total. The van der Waals surface area contributed by atoms with Gasteiger partial charge < -0.3 is 10.6 Å². The molecule has 0 radical (unpaired) electrons. The highest BCUT2D eigenvalue weighted by atomic mass is 127. The number of hydrogen-bond donors (Lipinski definition) is 2. The second kappa shape index (κ2) is 7.92. The maximum Gasteiger partial charge on any atom is 0.251 e. The lowest BCUT2D eigenvalue weighted by Crippen LogP contribution is -2.17. The van der Waals surface area contributed by atoms with Crippen molar-refractivity contribution >= 4 is 46.2 Å². The summed E-state index contributed by atoms with van der Waals surface area (Å²) in [6.45, 7) is 1.96. The average Bonchev–Trinajstić information content (AvgIpc) is 2.55. The van der Waals surface area contributed by atoms with Gasteiger partial charge in [0, 0.05) is 27.9 Å². The van der Waals surface area contributed by atoms with Crippen molar-refractivity contribution in [2.45, 2.75) is 6.92 Å². The Morgan fingerprint density at radius 3 is 2.39 bits per heavy atom. The molecule has 0 saturated heterocycles. The molecular weight excluding hydrogens is 403 g/mol. The number of benzene rings is 2. The summed E-state index contributed by atoms with van der Waals surface area (Å²) in [6.07, 6.45) is 3.19. The van der Waals surface area contributed by atoms with E-state index in [0.29, 0.717) is 5.56 Å². The van der Waals surface area contributed by atoms with Gasteiger partial charge in [-0.3, -0.25) is 9.59 Å². The zero-order chi connectivity index (χ0) is 16.8. The van der Waals surface area contributed by atoms with Gasteiger partial charge in [-0.15, -0.1) is 0 Å². The predicted molar refractivity (Wildman–Crippen MR) is 101 cm³/mol. The molecule has 0 aliphatic heterocycles. The first-order chi connectivity index (χ1) is 11.0. The Hall–Kier alpha value is -2.15. The van der Waals surface area contributed by atoms with E-state index < -0.39 is 0 Å². The number of aryl methyl sites for hydroxylation is 1. The molecule has 0 fully saturated rings. The normalized spacial score (nSPS) is 10.6. The zero-order valence-electron chi connectivity index (χ0n) is 12.9. The summed E-state index contributed by atoms with van der Waals surface area (Å²) in [7, 11) is 1.59. The van der Waals surface area contributed by atoms with Crippen molar-refractivity contribution in [3.8, 4) is 0 Å². The van der Waals surface area contributed by atoms with Crippen molar-refractivity contribution in [1.29, 1.82) is 0 Å². The summed E-state index contributed by atoms with van der Waals surface area (Å²) in [5.41, 5.74) is 3.26. The molecule has 2 rings (SSSR count). The highest BCUT2D eigenvalue weighted by molar-refractivity contribution is 14.1. The molecule has 0 atom stereocenters. The van der Waals surface area contributed by atoms with Crippen LogP contribution in [0.2, 0.25) is 0 Å². The summed E-state index contributed by atoms with van der Waals surface area (Å²) in [5, 5.41) is 5.42. The van der Waals surface area contributed by atoms with Gasteiger partial charge >= 0.3 is 0 Å². The topological polar surface area (TPSA) is 58.2 Å². The summed E-state index contributed by atoms with van der Waals surface area (Å²) in [5.74, 6) is -0.322. The fourth-order valence-electron chi connectivity index (χ4n) is 2.00. The fraction of sp³-hybridized carbons (Fsp3) is 0.111. The molecule has 0 aromatic heterocycles. The lowest BCUT2D eigenvalue weighted by molar-refractivity contribution is -0.111. The molecule has 0 unspecified atom stereocenters. The third-order valence-corrected chi connectivity index (χ3v) is 3.94. The van der Waals surface area contributed by atoms with Crippen LogP contribution in [0.3, 0.4) is 0 Å². The Bertz CT molecular complexity index is 752. The molecule has 23 heavy (non-hydrogen) atoms. The zero-order valence-corrected chi connectivity index (χ0v) is 15.0. The smallest absolute Gasteiger partial charge is 0.251 e. The molecule has 0 aliphatic carbocycles. The molecule has 2 aromatic carbocycles. The number of anilines is 1. The van der Waals surface area contributed by atoms with E-state index in [2.05, 4.69) is 33.2 Å². The fourth-order valence-corrected chi connectivity index (χ4v) is 2.65. The van der Waals surface area contributed by atoms with E-state index in [4.69, 9.17) is 0 Å². The summed E-state index contributed by atoms with van der Waals surface area (Å²) in [4.78, 5) is 23.4. The molecule has 0 spiro atoms. The second-order valence-corrected chi connectivity index (χ2v) is 6.23. The molecule has 5 heteroatoms. The molecule has 0 heterocycles. The summed E-state index contributed by atoms with van der Waals surface area (Å²) < 4.78 is 1.13. The highest BCUT2D eigenvalue weighted by Crippen LogP contribution is 2.17. The molecule has 0 bridgehead atoms. The van der Waals surface area contributed by atoms with E-state index in [9.17, 15) is 9.59 Å². The summed E-state index contributed by atoms with van der Waals surface area (Å²) in [6, 6.07) is 12.9. The number of carbonyl (C=O) groups is 2. The number of hydrogen-bond acceptors (Lipinski definition) is 2. The number of halogens is 1. The van der Waals surface area contributed by atoms with Crippen molar-refractivity contribution in [2.75, 3.05) is 12.4 Å². The average molecular weight is 420 g/mol. The minimum Gasteiger partial charge on any atom is -0.355 e. The lowest BCUT2D eigenvalue weighted by Gasteiger charge is -2.06. The quantitative estimate of drug-likeness (QED) is 0.587. The van der Waals surface area contributed by atoms with Crippen molar-refractivity contribution in [3.63, 3.8) is 0 Å². The molecule has 2 aromatic rings. The minimum absolute atomic E-state index is 0.132. The lowest BCUT2D eigenvalue weighted by atomic mass is 10.1. The Balaban J connectivity index is 2.02. The Kier molecular flexibility index (Phi) is 5.92. The maximum absolute atomic E-state index is 12.0. The van der Waals surface area contributed by atoms with Crippen LogP contribution >= 0.6 is 22.6 Å². The Labute approximate surface area is 149 Å². The number of carbonyl (C=O) groups excluding carboxylic acids is 2. The van der Waals surface area contributed by atoms with Crippen LogP contribution < -0.4 is 10.6 Å². The summed E-state index contributed by atoms with van der Waals surface area (Å²) >= 11 is 2.23. The van der Waals surface area contributed by atoms with Crippen LogP contribution in [0.4, 0.5) is 5.69 Å². The Morgan fingerprint density at radius 1 is 1.09 bits per heavy atom. The third-order valence-electron chi connectivity index (χ3n) is 3.27. The van der Waals surface area contributed by atoms with E-state index in [1.54, 1.807) is 37.4 Å². The number of rotatable bonds is 4. The van der Waals surface area contributed by atoms with Crippen LogP contribution in [-0.2, 0) is 4.79 Å². The largest absolute Gasteiger partial charge is 0.355 e. The third kappa shape index (κ3) is 4.92. The van der Waals surface area contributed by atoms with E-state index >= 15 is 0 Å². The van der Waals surface area contributed by atoms with Gasteiger partial charge in [-0.25, -0.2) is 0 Å². The van der Waals surface area contributed by atoms with Crippen LogP contribution in [0.5, 0.6) is 0 Å². The molecule has 2 amide bonds. The van der Waals surface area contributed by atoms with Crippen LogP contribution in [0.1, 0.15) is 21.5 Å². The molecule has 4 nitrogen and oxygen atoms in total. The van der Waals surface area contributed by atoms with Gasteiger partial charge in [-0.1, -0.05) is 12.1 Å². The van der Waals surface area contributed by atoms with E-state index in [-0.39, 0.29) is 11.8 Å². The SMILES string of the molecule is CNC(=O)c1ccc(/C=C/C(=O)Nc2ccc(I)cc2C)cc1. The van der Waals surface area contributed by atoms with Gasteiger partial charge in [-0.2, -0.15) is 0 Å². The van der Waals surface area contributed by atoms with Crippen LogP contribution in [0.15, 0.2) is 48.5 Å². The first kappa shape index (κ1) is 17.2. The molecule has 118 valence electrons. The number of amides is 2. The van der Waals surface area contributed by atoms with Crippen LogP contribution in [0.25, 0.3) is 6.08 Å². The first-order valence-corrected chi connectivity index (χ1v) is 8.15. The van der Waals surface area contributed by atoms with Crippen molar-refractivity contribution in [2.24, 2.45) is 0 Å². The van der Waals surface area contributed by atoms with Gasteiger partial charge in [0.25, 0.3) is 5.91 Å². The maximum atomic E-state index is 12.0. The Morgan fingerprint density at radius 2 is 1.78 bits per heavy atom. The van der Waals surface area contributed by atoms with Crippen molar-refractivity contribution in [3.05, 3.63) is 68.8 Å². The second-order valence-electron chi connectivity index (χ2n) is 4.98. The highest BCUT2D eigenvalue weighted by Gasteiger charge is 2.03. The van der Waals surface area contributed by atoms with Crippen molar-refractivity contribution < 1.29 is 9.59 Å². The van der Waals surface area contributed by atoms with E-state index in [1.807, 2.05) is 25.1 Å². The monoisotopic (exact) mass is 420 g/mol. The minimum atomic E-state index is -0.190. The van der Waals surface area contributed by atoms with Gasteiger partial charge in [0.15, 0.2) is 0 Å². The van der Waals surface area contributed by atoms with Crippen molar-refractivity contribution in [1.82, 2.24) is 5.32 Å². The van der Waals surface area contributed by atoms with Crippen LogP contribution in [-0.4, -0.2) is 18.9 Å². The molecular formula is C18H17IN2O2. The first-order valence-electron chi connectivity index (χ1n) is 7.07. The standard InChI is InChI=1S/C18H17IN2O2/c1-12-11-15(19)8-9-16(12)21-17(22)10-5-13-3-6-14(7-4-13)18(23)20-2/h3-11H,1-2H3,(H,20,23)(H,21,22)/b10-5+. The van der Waals surface area contributed by atoms with Gasteiger partial charge in [0.05, 0.1) is 0 Å². The number of nitrogens with one attached hydrogen (secondary N) is 2. The van der Waals surface area contributed by atoms with E-state index in [1.165, 1.54) is 6.08 Å². The van der Waals surface area contributed by atoms with Crippen LogP contribution in [0, 0.1) is 10.5 Å². The molecule has 0 saturated carbocycles. The van der Waals surface area contributed by atoms with Gasteiger partial charge in [0.2, 0.25) is 5.91 Å². The predicted octanol–water partition coefficient (Wildman–Crippen LogP) is 3.61.